The minimum atomic E-state index is -1.01. The number of ketones is 1. The van der Waals surface area contributed by atoms with Crippen molar-refractivity contribution in [2.75, 3.05) is 0 Å². The largest absolute Gasteiger partial charge is 0.490 e. The highest BCUT2D eigenvalue weighted by atomic mass is 19.1. The van der Waals surface area contributed by atoms with E-state index in [1.807, 2.05) is 45.9 Å². The van der Waals surface area contributed by atoms with E-state index in [9.17, 15) is 14.7 Å². The first-order valence-corrected chi connectivity index (χ1v) is 11.5. The van der Waals surface area contributed by atoms with Crippen LogP contribution in [0.2, 0.25) is 0 Å². The lowest BCUT2D eigenvalue weighted by atomic mass is 9.95. The van der Waals surface area contributed by atoms with Gasteiger partial charge in [-0.25, -0.2) is 9.18 Å². The first-order chi connectivity index (χ1) is 16.0. The van der Waals surface area contributed by atoms with Gasteiger partial charge in [0.15, 0.2) is 11.6 Å². The average molecular weight is 470 g/mol. The average Bonchev–Trinajstić information content (AvgIpc) is 3.06. The number of nitrogens with zero attached hydrogens (tertiary/aromatic N) is 3. The lowest BCUT2D eigenvalue weighted by molar-refractivity contribution is 0.0985. The SMILES string of the molecule is CCC[C@@H](C)Oc1cc(-n2nc(C(C)O)n(C)c2=O)c(F)cc1C(=O)Cc1c(C)cccc1C. The van der Waals surface area contributed by atoms with Gasteiger partial charge in [0.2, 0.25) is 0 Å². The van der Waals surface area contributed by atoms with Crippen molar-refractivity contribution >= 4 is 5.78 Å². The Morgan fingerprint density at radius 3 is 2.41 bits per heavy atom. The molecule has 182 valence electrons. The molecule has 3 aromatic rings. The molecule has 0 fully saturated rings. The fourth-order valence-electron chi connectivity index (χ4n) is 4.06. The van der Waals surface area contributed by atoms with Crippen molar-refractivity contribution in [2.24, 2.45) is 7.05 Å². The van der Waals surface area contributed by atoms with Crippen molar-refractivity contribution in [3.05, 3.63) is 74.7 Å². The molecule has 1 unspecified atom stereocenters. The van der Waals surface area contributed by atoms with Crippen molar-refractivity contribution in [2.45, 2.75) is 66.1 Å². The summed E-state index contributed by atoms with van der Waals surface area (Å²) in [5.41, 5.74) is 2.22. The number of hydrogen-bond donors (Lipinski definition) is 1. The molecule has 0 saturated heterocycles. The lowest BCUT2D eigenvalue weighted by Gasteiger charge is -2.18. The number of halogens is 1. The molecule has 1 N–H and O–H groups in total. The first-order valence-electron chi connectivity index (χ1n) is 11.5. The molecule has 0 aliphatic carbocycles. The highest BCUT2D eigenvalue weighted by molar-refractivity contribution is 6.00. The Kier molecular flexibility index (Phi) is 7.71. The van der Waals surface area contributed by atoms with Gasteiger partial charge in [-0.05, 0) is 56.9 Å². The number of benzene rings is 2. The summed E-state index contributed by atoms with van der Waals surface area (Å²) >= 11 is 0. The van der Waals surface area contributed by atoms with E-state index >= 15 is 4.39 Å². The van der Waals surface area contributed by atoms with Gasteiger partial charge in [-0.1, -0.05) is 31.5 Å². The van der Waals surface area contributed by atoms with E-state index in [4.69, 9.17) is 4.74 Å². The summed E-state index contributed by atoms with van der Waals surface area (Å²) in [7, 11) is 1.45. The highest BCUT2D eigenvalue weighted by Gasteiger charge is 2.24. The van der Waals surface area contributed by atoms with E-state index < -0.39 is 17.6 Å². The summed E-state index contributed by atoms with van der Waals surface area (Å²) in [4.78, 5) is 26.0. The third-order valence-corrected chi connectivity index (χ3v) is 5.97. The van der Waals surface area contributed by atoms with Crippen LogP contribution < -0.4 is 10.4 Å². The topological polar surface area (TPSA) is 86.3 Å². The molecule has 3 rings (SSSR count). The fraction of sp³-hybridized carbons (Fsp3) is 0.423. The van der Waals surface area contributed by atoms with Crippen LogP contribution in [0.3, 0.4) is 0 Å². The number of aryl methyl sites for hydroxylation is 2. The van der Waals surface area contributed by atoms with E-state index in [1.165, 1.54) is 20.0 Å². The van der Waals surface area contributed by atoms with Crippen molar-refractivity contribution < 1.29 is 19.0 Å². The molecule has 0 aliphatic rings. The first kappa shape index (κ1) is 25.4. The predicted octanol–water partition coefficient (Wildman–Crippen LogP) is 4.37. The third-order valence-electron chi connectivity index (χ3n) is 5.97. The van der Waals surface area contributed by atoms with Crippen LogP contribution >= 0.6 is 0 Å². The smallest absolute Gasteiger partial charge is 0.350 e. The molecule has 1 heterocycles. The summed E-state index contributed by atoms with van der Waals surface area (Å²) in [6.07, 6.45) is 0.487. The molecular formula is C26H32FN3O4. The highest BCUT2D eigenvalue weighted by Crippen LogP contribution is 2.29. The lowest BCUT2D eigenvalue weighted by Crippen LogP contribution is -2.23. The molecule has 0 bridgehead atoms. The predicted molar refractivity (Wildman–Crippen MR) is 128 cm³/mol. The molecule has 0 spiro atoms. The Morgan fingerprint density at radius 1 is 1.21 bits per heavy atom. The number of rotatable bonds is 9. The Bertz CT molecular complexity index is 1240. The molecule has 1 aromatic heterocycles. The summed E-state index contributed by atoms with van der Waals surface area (Å²) < 4.78 is 23.4. The molecule has 0 saturated carbocycles. The number of carbonyl (C=O) groups excluding carboxylic acids is 1. The van der Waals surface area contributed by atoms with Crippen molar-refractivity contribution in [1.29, 1.82) is 0 Å². The van der Waals surface area contributed by atoms with Crippen LogP contribution in [0.25, 0.3) is 5.69 Å². The van der Waals surface area contributed by atoms with Crippen LogP contribution in [-0.2, 0) is 13.5 Å². The Morgan fingerprint density at radius 2 is 1.85 bits per heavy atom. The minimum Gasteiger partial charge on any atom is -0.490 e. The van der Waals surface area contributed by atoms with Gasteiger partial charge in [0.1, 0.15) is 23.4 Å². The molecular weight excluding hydrogens is 437 g/mol. The maximum absolute atomic E-state index is 15.3. The molecule has 0 amide bonds. The van der Waals surface area contributed by atoms with Crippen LogP contribution in [0.5, 0.6) is 5.75 Å². The van der Waals surface area contributed by atoms with Gasteiger partial charge < -0.3 is 9.84 Å². The van der Waals surface area contributed by atoms with Crippen LogP contribution in [0.4, 0.5) is 4.39 Å². The van der Waals surface area contributed by atoms with Gasteiger partial charge in [-0.15, -0.1) is 5.10 Å². The summed E-state index contributed by atoms with van der Waals surface area (Å²) in [6, 6.07) is 8.27. The number of Topliss-reactive ketones (excluding diaryl/α,β-unsaturated/α-hetero) is 1. The van der Waals surface area contributed by atoms with Gasteiger partial charge in [0.25, 0.3) is 0 Å². The van der Waals surface area contributed by atoms with E-state index in [0.717, 1.165) is 44.8 Å². The Labute approximate surface area is 198 Å². The van der Waals surface area contributed by atoms with Gasteiger partial charge >= 0.3 is 5.69 Å². The number of aromatic nitrogens is 3. The van der Waals surface area contributed by atoms with E-state index in [0.29, 0.717) is 0 Å². The van der Waals surface area contributed by atoms with E-state index in [2.05, 4.69) is 5.10 Å². The van der Waals surface area contributed by atoms with Crippen molar-refractivity contribution in [3.8, 4) is 11.4 Å². The molecule has 0 aliphatic heterocycles. The second-order valence-electron chi connectivity index (χ2n) is 8.77. The zero-order chi connectivity index (χ0) is 25.2. The Balaban J connectivity index is 2.12. The second kappa shape index (κ2) is 10.3. The van der Waals surface area contributed by atoms with Crippen molar-refractivity contribution in [3.63, 3.8) is 0 Å². The number of aliphatic hydroxyl groups excluding tert-OH is 1. The normalized spacial score (nSPS) is 13.1. The van der Waals surface area contributed by atoms with Crippen LogP contribution in [0, 0.1) is 19.7 Å². The second-order valence-corrected chi connectivity index (χ2v) is 8.77. The molecule has 8 heteroatoms. The van der Waals surface area contributed by atoms with Crippen molar-refractivity contribution in [1.82, 2.24) is 14.3 Å². The number of aliphatic hydroxyl groups is 1. The quantitative estimate of drug-likeness (QED) is 0.470. The molecule has 2 aromatic carbocycles. The zero-order valence-electron chi connectivity index (χ0n) is 20.6. The molecule has 0 radical (unpaired) electrons. The number of hydrogen-bond acceptors (Lipinski definition) is 5. The Hall–Kier alpha value is -3.26. The maximum atomic E-state index is 15.3. The number of ether oxygens (including phenoxy) is 1. The van der Waals surface area contributed by atoms with Gasteiger partial charge in [-0.3, -0.25) is 9.36 Å². The van der Waals surface area contributed by atoms with Crippen LogP contribution in [-0.4, -0.2) is 31.3 Å². The molecule has 7 nitrogen and oxygen atoms in total. The van der Waals surface area contributed by atoms with E-state index in [1.54, 1.807) is 0 Å². The zero-order valence-corrected chi connectivity index (χ0v) is 20.6. The fourth-order valence-corrected chi connectivity index (χ4v) is 4.06. The molecule has 34 heavy (non-hydrogen) atoms. The standard InChI is InChI=1S/C26H32FN3O4/c1-7-9-17(4)34-24-14-22(30-26(33)29(6)25(28-30)18(5)31)21(27)12-20(24)23(32)13-19-15(2)10-8-11-16(19)3/h8,10-12,14,17-18,31H,7,9,13H2,1-6H3/t17-,18?/m1/s1. The minimum absolute atomic E-state index is 0.0985. The third kappa shape index (κ3) is 5.12. The van der Waals surface area contributed by atoms with Gasteiger partial charge in [0.05, 0.1) is 11.7 Å². The number of carbonyl (C=O) groups is 1. The monoisotopic (exact) mass is 469 g/mol. The van der Waals surface area contributed by atoms with Crippen LogP contribution in [0.1, 0.15) is 72.6 Å². The van der Waals surface area contributed by atoms with Gasteiger partial charge in [-0.2, -0.15) is 4.68 Å². The summed E-state index contributed by atoms with van der Waals surface area (Å²) in [5, 5.41) is 14.0. The van der Waals surface area contributed by atoms with Gasteiger partial charge in [0, 0.05) is 19.5 Å². The summed E-state index contributed by atoms with van der Waals surface area (Å²) in [5.74, 6) is -0.761. The summed E-state index contributed by atoms with van der Waals surface area (Å²) in [6.45, 7) is 9.25. The van der Waals surface area contributed by atoms with Crippen LogP contribution in [0.15, 0.2) is 35.1 Å². The van der Waals surface area contributed by atoms with E-state index in [-0.39, 0.29) is 41.1 Å². The maximum Gasteiger partial charge on any atom is 0.350 e. The molecule has 2 atom stereocenters.